The molecule has 1 aromatic rings. The summed E-state index contributed by atoms with van der Waals surface area (Å²) in [5.41, 5.74) is -0.0153. The first-order chi connectivity index (χ1) is 7.40. The average molecular weight is 241 g/mol. The minimum atomic E-state index is -3.09. The molecule has 0 aliphatic rings. The summed E-state index contributed by atoms with van der Waals surface area (Å²) in [5, 5.41) is 8.46. The van der Waals surface area contributed by atoms with Crippen molar-refractivity contribution >= 4 is 9.84 Å². The van der Waals surface area contributed by atoms with Crippen LogP contribution in [0.15, 0.2) is 10.9 Å². The molecule has 1 heterocycles. The Bertz CT molecular complexity index is 568. The highest BCUT2D eigenvalue weighted by molar-refractivity contribution is 7.90. The number of nitrogens with zero attached hydrogens (tertiary/aromatic N) is 2. The first kappa shape index (κ1) is 12.4. The van der Waals surface area contributed by atoms with Crippen molar-refractivity contribution in [2.45, 2.75) is 12.8 Å². The summed E-state index contributed by atoms with van der Waals surface area (Å²) in [4.78, 5) is 17.6. The zero-order valence-electron chi connectivity index (χ0n) is 8.73. The van der Waals surface area contributed by atoms with Gasteiger partial charge in [0.25, 0.3) is 5.56 Å². The van der Waals surface area contributed by atoms with Crippen LogP contribution < -0.4 is 5.56 Å². The van der Waals surface area contributed by atoms with E-state index < -0.39 is 9.84 Å². The van der Waals surface area contributed by atoms with Crippen LogP contribution >= 0.6 is 0 Å². The van der Waals surface area contributed by atoms with E-state index in [1.807, 2.05) is 6.07 Å². The largest absolute Gasteiger partial charge is 0.311 e. The molecule has 86 valence electrons. The number of H-pyrrole nitrogens is 1. The molecule has 1 aromatic heterocycles. The van der Waals surface area contributed by atoms with Gasteiger partial charge in [-0.3, -0.25) is 4.79 Å². The Morgan fingerprint density at radius 3 is 2.81 bits per heavy atom. The number of nitrogens with one attached hydrogen (secondary N) is 1. The molecule has 0 fully saturated rings. The molecule has 0 spiro atoms. The Balaban J connectivity index is 2.89. The van der Waals surface area contributed by atoms with E-state index in [1.165, 1.54) is 6.07 Å². The van der Waals surface area contributed by atoms with Gasteiger partial charge in [0.05, 0.1) is 23.9 Å². The van der Waals surface area contributed by atoms with Crippen LogP contribution in [0.1, 0.15) is 11.5 Å². The highest BCUT2D eigenvalue weighted by Crippen LogP contribution is 1.96. The molecule has 0 saturated heterocycles. The van der Waals surface area contributed by atoms with Gasteiger partial charge < -0.3 is 4.98 Å². The van der Waals surface area contributed by atoms with E-state index in [0.717, 1.165) is 6.26 Å². The van der Waals surface area contributed by atoms with Gasteiger partial charge in [-0.05, 0) is 0 Å². The predicted octanol–water partition coefficient (Wildman–Crippen LogP) is -0.577. The SMILES string of the molecule is CS(=O)(=O)CCc1nc(CC#N)cc(=O)[nH]1. The molecule has 0 bridgehead atoms. The second kappa shape index (κ2) is 4.90. The molecule has 0 saturated carbocycles. The molecular formula is C9H11N3O3S. The van der Waals surface area contributed by atoms with Crippen LogP contribution in [0.3, 0.4) is 0 Å². The van der Waals surface area contributed by atoms with Crippen molar-refractivity contribution in [1.29, 1.82) is 5.26 Å². The Hall–Kier alpha value is -1.68. The van der Waals surface area contributed by atoms with E-state index in [9.17, 15) is 13.2 Å². The molecule has 0 radical (unpaired) electrons. The summed E-state index contributed by atoms with van der Waals surface area (Å²) in [5.74, 6) is 0.217. The van der Waals surface area contributed by atoms with Crippen LogP contribution in [0.2, 0.25) is 0 Å². The minimum absolute atomic E-state index is 0.0375. The molecule has 0 unspecified atom stereocenters. The van der Waals surface area contributed by atoms with Gasteiger partial charge in [0.15, 0.2) is 0 Å². The number of aryl methyl sites for hydroxylation is 1. The fourth-order valence-corrected chi connectivity index (χ4v) is 1.70. The number of hydrogen-bond donors (Lipinski definition) is 1. The quantitative estimate of drug-likeness (QED) is 0.759. The van der Waals surface area contributed by atoms with Crippen LogP contribution in [-0.4, -0.2) is 30.4 Å². The molecule has 0 amide bonds. The zero-order chi connectivity index (χ0) is 12.2. The van der Waals surface area contributed by atoms with Gasteiger partial charge in [-0.1, -0.05) is 0 Å². The van der Waals surface area contributed by atoms with E-state index in [2.05, 4.69) is 9.97 Å². The van der Waals surface area contributed by atoms with E-state index >= 15 is 0 Å². The van der Waals surface area contributed by atoms with Gasteiger partial charge in [-0.2, -0.15) is 5.26 Å². The van der Waals surface area contributed by atoms with Crippen molar-refractivity contribution in [2.24, 2.45) is 0 Å². The van der Waals surface area contributed by atoms with Crippen LogP contribution in [0.4, 0.5) is 0 Å². The predicted molar refractivity (Wildman–Crippen MR) is 57.6 cm³/mol. The first-order valence-corrected chi connectivity index (χ1v) is 6.60. The summed E-state index contributed by atoms with van der Waals surface area (Å²) in [6, 6.07) is 3.11. The number of nitriles is 1. The monoisotopic (exact) mass is 241 g/mol. The van der Waals surface area contributed by atoms with Crippen LogP contribution in [0.25, 0.3) is 0 Å². The number of rotatable bonds is 4. The first-order valence-electron chi connectivity index (χ1n) is 4.54. The smallest absolute Gasteiger partial charge is 0.251 e. The van der Waals surface area contributed by atoms with Crippen molar-refractivity contribution in [3.05, 3.63) is 27.9 Å². The van der Waals surface area contributed by atoms with Crippen molar-refractivity contribution in [3.63, 3.8) is 0 Å². The van der Waals surface area contributed by atoms with E-state index in [1.54, 1.807) is 0 Å². The Labute approximate surface area is 92.9 Å². The Morgan fingerprint density at radius 1 is 1.56 bits per heavy atom. The molecular weight excluding hydrogens is 230 g/mol. The van der Waals surface area contributed by atoms with Gasteiger partial charge in [-0.25, -0.2) is 13.4 Å². The highest BCUT2D eigenvalue weighted by atomic mass is 32.2. The lowest BCUT2D eigenvalue weighted by Crippen LogP contribution is -2.16. The zero-order valence-corrected chi connectivity index (χ0v) is 9.54. The second-order valence-corrected chi connectivity index (χ2v) is 5.66. The number of sulfone groups is 1. The standard InChI is InChI=1S/C9H11N3O3S/c1-16(14,15)5-3-8-11-7(2-4-10)6-9(13)12-8/h6H,2-3,5H2,1H3,(H,11,12,13). The lowest BCUT2D eigenvalue weighted by molar-refractivity contribution is 0.600. The molecule has 1 N–H and O–H groups in total. The summed E-state index contributed by atoms with van der Waals surface area (Å²) < 4.78 is 21.9. The van der Waals surface area contributed by atoms with Crippen LogP contribution in [0.5, 0.6) is 0 Å². The summed E-state index contributed by atoms with van der Waals surface area (Å²) >= 11 is 0. The number of aromatic nitrogens is 2. The van der Waals surface area contributed by atoms with Gasteiger partial charge in [0.1, 0.15) is 15.7 Å². The van der Waals surface area contributed by atoms with Gasteiger partial charge in [-0.15, -0.1) is 0 Å². The van der Waals surface area contributed by atoms with Gasteiger partial charge in [0.2, 0.25) is 0 Å². The molecule has 0 aromatic carbocycles. The third kappa shape index (κ3) is 4.23. The molecule has 16 heavy (non-hydrogen) atoms. The van der Waals surface area contributed by atoms with Gasteiger partial charge >= 0.3 is 0 Å². The topological polar surface area (TPSA) is 104 Å². The maximum Gasteiger partial charge on any atom is 0.251 e. The molecule has 1 rings (SSSR count). The fraction of sp³-hybridized carbons (Fsp3) is 0.444. The number of hydrogen-bond acceptors (Lipinski definition) is 5. The third-order valence-electron chi connectivity index (χ3n) is 1.81. The lowest BCUT2D eigenvalue weighted by Gasteiger charge is -2.01. The van der Waals surface area contributed by atoms with Crippen molar-refractivity contribution in [2.75, 3.05) is 12.0 Å². The summed E-state index contributed by atoms with van der Waals surface area (Å²) in [6.45, 7) is 0. The maximum absolute atomic E-state index is 11.2. The lowest BCUT2D eigenvalue weighted by atomic mass is 10.3. The van der Waals surface area contributed by atoms with E-state index in [0.29, 0.717) is 11.5 Å². The van der Waals surface area contributed by atoms with E-state index in [4.69, 9.17) is 5.26 Å². The fourth-order valence-electron chi connectivity index (χ4n) is 1.14. The molecule has 6 nitrogen and oxygen atoms in total. The Morgan fingerprint density at radius 2 is 2.25 bits per heavy atom. The van der Waals surface area contributed by atoms with Crippen molar-refractivity contribution in [3.8, 4) is 6.07 Å². The van der Waals surface area contributed by atoms with Crippen molar-refractivity contribution < 1.29 is 8.42 Å². The normalized spacial score (nSPS) is 11.0. The number of aromatic amines is 1. The summed E-state index contributed by atoms with van der Waals surface area (Å²) in [6.07, 6.45) is 1.30. The molecule has 0 atom stereocenters. The second-order valence-electron chi connectivity index (χ2n) is 3.40. The molecule has 7 heteroatoms. The van der Waals surface area contributed by atoms with Gasteiger partial charge in [0, 0.05) is 18.7 Å². The molecule has 0 aliphatic heterocycles. The third-order valence-corrected chi connectivity index (χ3v) is 2.76. The minimum Gasteiger partial charge on any atom is -0.311 e. The highest BCUT2D eigenvalue weighted by Gasteiger charge is 2.06. The average Bonchev–Trinajstić information content (AvgIpc) is 2.13. The Kier molecular flexibility index (Phi) is 3.79. The van der Waals surface area contributed by atoms with Crippen LogP contribution in [0, 0.1) is 11.3 Å². The van der Waals surface area contributed by atoms with Crippen molar-refractivity contribution in [1.82, 2.24) is 9.97 Å². The summed E-state index contributed by atoms with van der Waals surface area (Å²) in [7, 11) is -3.09. The molecule has 0 aliphatic carbocycles. The maximum atomic E-state index is 11.2. The van der Waals surface area contributed by atoms with E-state index in [-0.39, 0.29) is 24.2 Å². The van der Waals surface area contributed by atoms with Crippen LogP contribution in [-0.2, 0) is 22.7 Å².